The SMILES string of the molecule is CCN(CC(O)COc1c(Br)cc(C(C)(C)c2cc(Br)c(OCC(O)CN(CC)C3CCCCC3)c(Br)c2)cc1Br)C1CCCCC1. The van der Waals surface area contributed by atoms with Crippen molar-refractivity contribution in [2.75, 3.05) is 39.4 Å². The molecule has 2 aromatic rings. The van der Waals surface area contributed by atoms with Crippen molar-refractivity contribution in [2.45, 2.75) is 122 Å². The summed E-state index contributed by atoms with van der Waals surface area (Å²) in [5, 5.41) is 21.7. The molecule has 0 radical (unpaired) electrons. The molecule has 4 rings (SSSR count). The Labute approximate surface area is 316 Å². The first-order valence-corrected chi connectivity index (χ1v) is 20.7. The van der Waals surface area contributed by atoms with Crippen LogP contribution < -0.4 is 9.47 Å². The Morgan fingerprint density at radius 2 is 0.957 bits per heavy atom. The Hall–Kier alpha value is -0.200. The van der Waals surface area contributed by atoms with Crippen LogP contribution in [0.4, 0.5) is 0 Å². The summed E-state index contributed by atoms with van der Waals surface area (Å²) in [7, 11) is 0. The highest BCUT2D eigenvalue weighted by Crippen LogP contribution is 2.44. The molecule has 47 heavy (non-hydrogen) atoms. The van der Waals surface area contributed by atoms with Crippen LogP contribution in [0.3, 0.4) is 0 Å². The van der Waals surface area contributed by atoms with Crippen molar-refractivity contribution in [3.63, 3.8) is 0 Å². The minimum absolute atomic E-state index is 0.232. The monoisotopic (exact) mass is 906 g/mol. The van der Waals surface area contributed by atoms with Crippen LogP contribution in [-0.4, -0.2) is 83.7 Å². The van der Waals surface area contributed by atoms with Gasteiger partial charge in [-0.15, -0.1) is 0 Å². The summed E-state index contributed by atoms with van der Waals surface area (Å²) in [4.78, 5) is 4.82. The predicted molar refractivity (Wildman–Crippen MR) is 207 cm³/mol. The van der Waals surface area contributed by atoms with Crippen LogP contribution >= 0.6 is 63.7 Å². The van der Waals surface area contributed by atoms with Gasteiger partial charge in [0.25, 0.3) is 0 Å². The first-order chi connectivity index (χ1) is 22.4. The molecule has 0 aliphatic heterocycles. The van der Waals surface area contributed by atoms with Gasteiger partial charge in [0.1, 0.15) is 36.9 Å². The van der Waals surface area contributed by atoms with Gasteiger partial charge >= 0.3 is 0 Å². The fraction of sp³-hybridized carbons (Fsp3) is 0.676. The molecule has 2 fully saturated rings. The van der Waals surface area contributed by atoms with Gasteiger partial charge in [0.05, 0.1) is 17.9 Å². The quantitative estimate of drug-likeness (QED) is 0.175. The summed E-state index contributed by atoms with van der Waals surface area (Å²) < 4.78 is 15.7. The van der Waals surface area contributed by atoms with Crippen molar-refractivity contribution in [3.8, 4) is 11.5 Å². The molecule has 2 atom stereocenters. The van der Waals surface area contributed by atoms with Gasteiger partial charge in [-0.1, -0.05) is 66.2 Å². The fourth-order valence-electron chi connectivity index (χ4n) is 7.25. The van der Waals surface area contributed by atoms with Crippen LogP contribution in [0.2, 0.25) is 0 Å². The van der Waals surface area contributed by atoms with Crippen molar-refractivity contribution >= 4 is 63.7 Å². The van der Waals surface area contributed by atoms with Crippen LogP contribution in [0.15, 0.2) is 42.2 Å². The zero-order valence-corrected chi connectivity index (χ0v) is 34.9. The third-order valence-corrected chi connectivity index (χ3v) is 12.5. The minimum atomic E-state index is -0.564. The smallest absolute Gasteiger partial charge is 0.147 e. The maximum Gasteiger partial charge on any atom is 0.147 e. The van der Waals surface area contributed by atoms with Crippen molar-refractivity contribution in [1.29, 1.82) is 0 Å². The highest BCUT2D eigenvalue weighted by molar-refractivity contribution is 9.11. The summed E-state index contributed by atoms with van der Waals surface area (Å²) in [6, 6.07) is 9.53. The summed E-state index contributed by atoms with van der Waals surface area (Å²) in [6.45, 7) is 12.3. The zero-order chi connectivity index (χ0) is 34.1. The molecule has 0 bridgehead atoms. The van der Waals surface area contributed by atoms with Crippen molar-refractivity contribution in [3.05, 3.63) is 53.3 Å². The highest BCUT2D eigenvalue weighted by atomic mass is 79.9. The normalized spacial score (nSPS) is 18.1. The van der Waals surface area contributed by atoms with Gasteiger partial charge in [-0.2, -0.15) is 0 Å². The first-order valence-electron chi connectivity index (χ1n) is 17.5. The van der Waals surface area contributed by atoms with Gasteiger partial charge in [0.15, 0.2) is 0 Å². The summed E-state index contributed by atoms with van der Waals surface area (Å²) in [5.74, 6) is 1.39. The van der Waals surface area contributed by atoms with E-state index in [0.29, 0.717) is 36.7 Å². The van der Waals surface area contributed by atoms with E-state index in [0.717, 1.165) is 42.1 Å². The fourth-order valence-corrected chi connectivity index (χ4v) is 10.1. The molecule has 2 aliphatic rings. The number of likely N-dealkylation sites (N-methyl/N-ethyl adjacent to an activating group) is 2. The Bertz CT molecular complexity index is 1140. The van der Waals surface area contributed by atoms with Crippen LogP contribution in [0.5, 0.6) is 11.5 Å². The van der Waals surface area contributed by atoms with Crippen molar-refractivity contribution < 1.29 is 19.7 Å². The molecule has 0 spiro atoms. The summed E-state index contributed by atoms with van der Waals surface area (Å²) >= 11 is 15.0. The lowest BCUT2D eigenvalue weighted by Gasteiger charge is -2.34. The van der Waals surface area contributed by atoms with E-state index in [1.807, 2.05) is 0 Å². The second-order valence-electron chi connectivity index (χ2n) is 13.9. The number of hydrogen-bond donors (Lipinski definition) is 2. The molecule has 2 aliphatic carbocycles. The largest absolute Gasteiger partial charge is 0.488 e. The predicted octanol–water partition coefficient (Wildman–Crippen LogP) is 9.85. The lowest BCUT2D eigenvalue weighted by Crippen LogP contribution is -2.43. The number of nitrogens with zero attached hydrogens (tertiary/aromatic N) is 2. The van der Waals surface area contributed by atoms with Gasteiger partial charge in [-0.3, -0.25) is 9.80 Å². The Balaban J connectivity index is 1.38. The van der Waals surface area contributed by atoms with Crippen LogP contribution in [0, 0.1) is 0 Å². The highest BCUT2D eigenvalue weighted by Gasteiger charge is 2.29. The molecule has 0 aromatic heterocycles. The average molecular weight is 910 g/mol. The zero-order valence-electron chi connectivity index (χ0n) is 28.5. The Kier molecular flexibility index (Phi) is 15.9. The van der Waals surface area contributed by atoms with Crippen LogP contribution in [-0.2, 0) is 5.41 Å². The average Bonchev–Trinajstić information content (AvgIpc) is 3.05. The molecule has 2 saturated carbocycles. The third kappa shape index (κ3) is 10.9. The van der Waals surface area contributed by atoms with E-state index in [4.69, 9.17) is 9.47 Å². The van der Waals surface area contributed by atoms with E-state index in [9.17, 15) is 10.2 Å². The van der Waals surface area contributed by atoms with E-state index < -0.39 is 12.2 Å². The molecular formula is C37H54Br4N2O4. The van der Waals surface area contributed by atoms with E-state index in [1.165, 1.54) is 64.2 Å². The minimum Gasteiger partial charge on any atom is -0.488 e. The molecule has 2 unspecified atom stereocenters. The lowest BCUT2D eigenvalue weighted by atomic mass is 9.78. The van der Waals surface area contributed by atoms with Gasteiger partial charge in [-0.05, 0) is 138 Å². The van der Waals surface area contributed by atoms with Crippen LogP contribution in [0.1, 0.15) is 103 Å². The second kappa shape index (κ2) is 18.9. The van der Waals surface area contributed by atoms with E-state index >= 15 is 0 Å². The number of ether oxygens (including phenoxy) is 2. The maximum atomic E-state index is 10.9. The van der Waals surface area contributed by atoms with Gasteiger partial charge in [0.2, 0.25) is 0 Å². The van der Waals surface area contributed by atoms with Gasteiger partial charge < -0.3 is 19.7 Å². The second-order valence-corrected chi connectivity index (χ2v) is 17.3. The van der Waals surface area contributed by atoms with E-state index in [-0.39, 0.29) is 18.6 Å². The lowest BCUT2D eigenvalue weighted by molar-refractivity contribution is 0.0459. The van der Waals surface area contributed by atoms with Crippen LogP contribution in [0.25, 0.3) is 0 Å². The number of hydrogen-bond acceptors (Lipinski definition) is 6. The topological polar surface area (TPSA) is 65.4 Å². The molecule has 0 heterocycles. The van der Waals surface area contributed by atoms with Crippen molar-refractivity contribution in [1.82, 2.24) is 9.80 Å². The maximum absolute atomic E-state index is 10.9. The van der Waals surface area contributed by atoms with E-state index in [1.54, 1.807) is 0 Å². The molecule has 0 amide bonds. The van der Waals surface area contributed by atoms with E-state index in [2.05, 4.69) is 125 Å². The van der Waals surface area contributed by atoms with Gasteiger partial charge in [0, 0.05) is 30.6 Å². The summed E-state index contributed by atoms with van der Waals surface area (Å²) in [5.41, 5.74) is 1.85. The van der Waals surface area contributed by atoms with Crippen molar-refractivity contribution in [2.24, 2.45) is 0 Å². The first kappa shape index (κ1) is 39.6. The molecular weight excluding hydrogens is 856 g/mol. The Morgan fingerprint density at radius 1 is 0.638 bits per heavy atom. The van der Waals surface area contributed by atoms with Gasteiger partial charge in [-0.25, -0.2) is 0 Å². The standard InChI is InChI=1S/C37H54Br4N2O4/c1-5-42(27-13-9-7-10-14-27)21-29(44)23-46-35-31(38)17-25(18-32(35)39)37(3,4)26-19-33(40)36(34(41)20-26)47-24-30(45)22-43(6-2)28-15-11-8-12-16-28/h17-20,27-30,44-45H,5-16,21-24H2,1-4H3. The number of aliphatic hydroxyl groups is 2. The number of aliphatic hydroxyl groups excluding tert-OH is 2. The molecule has 0 saturated heterocycles. The molecule has 2 aromatic carbocycles. The molecule has 6 nitrogen and oxygen atoms in total. The molecule has 10 heteroatoms. The number of rotatable bonds is 16. The summed E-state index contributed by atoms with van der Waals surface area (Å²) in [6.07, 6.45) is 11.5. The Morgan fingerprint density at radius 3 is 1.26 bits per heavy atom. The molecule has 2 N–H and O–H groups in total. The number of benzene rings is 2. The third-order valence-electron chi connectivity index (χ3n) is 10.2. The molecule has 264 valence electrons. The number of halogens is 4.